The summed E-state index contributed by atoms with van der Waals surface area (Å²) in [7, 11) is 4.48. The lowest BCUT2D eigenvalue weighted by molar-refractivity contribution is -0.128. The number of likely N-dealkylation sites (N-methyl/N-ethyl adjacent to an activating group) is 1. The standard InChI is InChI=1S/C7H15ClN2O3S/c1-4-5-10(14(8,12)13)6-7(11)9(2)3/h4-6H2,1-3H3. The first-order chi connectivity index (χ1) is 6.29. The molecule has 0 spiro atoms. The Morgan fingerprint density at radius 1 is 1.36 bits per heavy atom. The number of nitrogens with zero attached hydrogens (tertiary/aromatic N) is 2. The zero-order chi connectivity index (χ0) is 11.4. The molecule has 0 saturated heterocycles. The molecule has 7 heteroatoms. The Balaban J connectivity index is 4.47. The molecule has 0 aliphatic rings. The maximum atomic E-state index is 11.2. The molecule has 0 aliphatic heterocycles. The zero-order valence-corrected chi connectivity index (χ0v) is 10.1. The molecule has 0 aromatic carbocycles. The highest BCUT2D eigenvalue weighted by Gasteiger charge is 2.21. The van der Waals surface area contributed by atoms with E-state index in [1.807, 2.05) is 6.92 Å². The molecule has 0 atom stereocenters. The number of hydrogen-bond acceptors (Lipinski definition) is 3. The first kappa shape index (κ1) is 13.7. The molecule has 0 aromatic rings. The first-order valence-corrected chi connectivity index (χ1v) is 6.45. The van der Waals surface area contributed by atoms with Gasteiger partial charge in [0.1, 0.15) is 0 Å². The molecule has 0 saturated carbocycles. The second-order valence-corrected chi connectivity index (χ2v) is 5.57. The van der Waals surface area contributed by atoms with Crippen molar-refractivity contribution in [2.75, 3.05) is 27.2 Å². The van der Waals surface area contributed by atoms with E-state index in [2.05, 4.69) is 0 Å². The molecular formula is C7H15ClN2O3S. The van der Waals surface area contributed by atoms with Crippen LogP contribution in [0.3, 0.4) is 0 Å². The van der Waals surface area contributed by atoms with E-state index in [0.29, 0.717) is 6.42 Å². The van der Waals surface area contributed by atoms with E-state index in [1.165, 1.54) is 4.90 Å². The van der Waals surface area contributed by atoms with Crippen LogP contribution in [-0.2, 0) is 14.0 Å². The van der Waals surface area contributed by atoms with Crippen molar-refractivity contribution in [1.29, 1.82) is 0 Å². The normalized spacial score (nSPS) is 11.8. The number of carbonyl (C=O) groups excluding carboxylic acids is 1. The lowest BCUT2D eigenvalue weighted by Gasteiger charge is -2.19. The average molecular weight is 243 g/mol. The predicted octanol–water partition coefficient (Wildman–Crippen LogP) is 0.270. The maximum absolute atomic E-state index is 11.2. The Bertz CT molecular complexity index is 289. The zero-order valence-electron chi connectivity index (χ0n) is 8.53. The van der Waals surface area contributed by atoms with Gasteiger partial charge in [0.2, 0.25) is 5.91 Å². The van der Waals surface area contributed by atoms with Crippen molar-refractivity contribution in [3.63, 3.8) is 0 Å². The number of rotatable bonds is 5. The number of carbonyl (C=O) groups is 1. The van der Waals surface area contributed by atoms with E-state index in [4.69, 9.17) is 10.7 Å². The third kappa shape index (κ3) is 4.78. The fraction of sp³-hybridized carbons (Fsp3) is 0.857. The smallest absolute Gasteiger partial charge is 0.300 e. The third-order valence-electron chi connectivity index (χ3n) is 1.59. The van der Waals surface area contributed by atoms with Gasteiger partial charge in [-0.15, -0.1) is 0 Å². The Morgan fingerprint density at radius 3 is 2.14 bits per heavy atom. The molecule has 0 aliphatic carbocycles. The van der Waals surface area contributed by atoms with Crippen LogP contribution in [0, 0.1) is 0 Å². The lowest BCUT2D eigenvalue weighted by atomic mass is 10.4. The van der Waals surface area contributed by atoms with E-state index >= 15 is 0 Å². The molecule has 0 radical (unpaired) electrons. The molecule has 84 valence electrons. The van der Waals surface area contributed by atoms with Crippen molar-refractivity contribution < 1.29 is 13.2 Å². The fourth-order valence-corrected chi connectivity index (χ4v) is 1.83. The molecule has 14 heavy (non-hydrogen) atoms. The van der Waals surface area contributed by atoms with Gasteiger partial charge >= 0.3 is 0 Å². The second-order valence-electron chi connectivity index (χ2n) is 3.06. The number of halogens is 1. The predicted molar refractivity (Wildman–Crippen MR) is 55.3 cm³/mol. The minimum atomic E-state index is -3.80. The van der Waals surface area contributed by atoms with Crippen LogP contribution in [0.4, 0.5) is 0 Å². The molecule has 1 amide bonds. The summed E-state index contributed by atoms with van der Waals surface area (Å²) in [5.74, 6) is -0.289. The Morgan fingerprint density at radius 2 is 1.86 bits per heavy atom. The highest BCUT2D eigenvalue weighted by molar-refractivity contribution is 8.11. The van der Waals surface area contributed by atoms with Crippen LogP contribution in [0.2, 0.25) is 0 Å². The van der Waals surface area contributed by atoms with Crippen LogP contribution < -0.4 is 0 Å². The highest BCUT2D eigenvalue weighted by Crippen LogP contribution is 2.07. The highest BCUT2D eigenvalue weighted by atomic mass is 35.7. The van der Waals surface area contributed by atoms with Crippen LogP contribution >= 0.6 is 10.7 Å². The van der Waals surface area contributed by atoms with Gasteiger partial charge in [-0.2, -0.15) is 12.7 Å². The van der Waals surface area contributed by atoms with Crippen LogP contribution in [-0.4, -0.2) is 50.7 Å². The van der Waals surface area contributed by atoms with Crippen LogP contribution in [0.5, 0.6) is 0 Å². The van der Waals surface area contributed by atoms with Gasteiger partial charge in [0.25, 0.3) is 9.24 Å². The van der Waals surface area contributed by atoms with Gasteiger partial charge in [0.15, 0.2) is 0 Å². The summed E-state index contributed by atoms with van der Waals surface area (Å²) < 4.78 is 23.0. The van der Waals surface area contributed by atoms with E-state index in [9.17, 15) is 13.2 Å². The third-order valence-corrected chi connectivity index (χ3v) is 3.11. The van der Waals surface area contributed by atoms with Crippen molar-refractivity contribution >= 4 is 25.8 Å². The number of amides is 1. The summed E-state index contributed by atoms with van der Waals surface area (Å²) in [5, 5.41) is 0. The number of hydrogen-bond donors (Lipinski definition) is 0. The molecule has 0 bridgehead atoms. The summed E-state index contributed by atoms with van der Waals surface area (Å²) in [6.45, 7) is 1.87. The summed E-state index contributed by atoms with van der Waals surface area (Å²) in [4.78, 5) is 12.6. The van der Waals surface area contributed by atoms with Crippen LogP contribution in [0.25, 0.3) is 0 Å². The second kappa shape index (κ2) is 5.53. The van der Waals surface area contributed by atoms with Crippen molar-refractivity contribution in [3.8, 4) is 0 Å². The van der Waals surface area contributed by atoms with Gasteiger partial charge in [-0.3, -0.25) is 4.79 Å². The quantitative estimate of drug-likeness (QED) is 0.651. The molecule has 0 rings (SSSR count). The molecule has 5 nitrogen and oxygen atoms in total. The molecule has 0 heterocycles. The molecule has 0 N–H and O–H groups in total. The Hall–Kier alpha value is -0.330. The van der Waals surface area contributed by atoms with Gasteiger partial charge in [-0.1, -0.05) is 6.92 Å². The first-order valence-electron chi connectivity index (χ1n) is 4.19. The largest absolute Gasteiger partial charge is 0.348 e. The van der Waals surface area contributed by atoms with Crippen molar-refractivity contribution in [3.05, 3.63) is 0 Å². The average Bonchev–Trinajstić information content (AvgIpc) is 2.01. The Kier molecular flexibility index (Phi) is 5.40. The SMILES string of the molecule is CCCN(CC(=O)N(C)C)S(=O)(=O)Cl. The van der Waals surface area contributed by atoms with E-state index in [-0.39, 0.29) is 19.0 Å². The summed E-state index contributed by atoms with van der Waals surface area (Å²) in [6, 6.07) is 0. The monoisotopic (exact) mass is 242 g/mol. The van der Waals surface area contributed by atoms with Gasteiger partial charge in [-0.05, 0) is 6.42 Å². The van der Waals surface area contributed by atoms with E-state index < -0.39 is 9.24 Å². The Labute approximate surface area is 89.2 Å². The summed E-state index contributed by atoms with van der Waals surface area (Å²) in [5.41, 5.74) is 0. The minimum absolute atomic E-state index is 0.202. The van der Waals surface area contributed by atoms with Crippen LogP contribution in [0.15, 0.2) is 0 Å². The summed E-state index contributed by atoms with van der Waals surface area (Å²) in [6.07, 6.45) is 0.618. The van der Waals surface area contributed by atoms with Crippen LogP contribution in [0.1, 0.15) is 13.3 Å². The van der Waals surface area contributed by atoms with Gasteiger partial charge in [0, 0.05) is 31.3 Å². The van der Waals surface area contributed by atoms with E-state index in [0.717, 1.165) is 4.31 Å². The molecule has 0 fully saturated rings. The van der Waals surface area contributed by atoms with Crippen molar-refractivity contribution in [1.82, 2.24) is 9.21 Å². The summed E-state index contributed by atoms with van der Waals surface area (Å²) >= 11 is 0. The van der Waals surface area contributed by atoms with Crippen molar-refractivity contribution in [2.24, 2.45) is 0 Å². The maximum Gasteiger partial charge on any atom is 0.300 e. The van der Waals surface area contributed by atoms with E-state index in [1.54, 1.807) is 14.1 Å². The molecular weight excluding hydrogens is 228 g/mol. The van der Waals surface area contributed by atoms with Gasteiger partial charge in [-0.25, -0.2) is 0 Å². The fourth-order valence-electron chi connectivity index (χ4n) is 0.807. The van der Waals surface area contributed by atoms with Crippen molar-refractivity contribution in [2.45, 2.75) is 13.3 Å². The topological polar surface area (TPSA) is 57.7 Å². The lowest BCUT2D eigenvalue weighted by Crippen LogP contribution is -2.38. The molecule has 0 unspecified atom stereocenters. The van der Waals surface area contributed by atoms with Gasteiger partial charge in [0.05, 0.1) is 6.54 Å². The van der Waals surface area contributed by atoms with Gasteiger partial charge < -0.3 is 4.90 Å². The minimum Gasteiger partial charge on any atom is -0.348 e. The molecule has 0 aromatic heterocycles.